The summed E-state index contributed by atoms with van der Waals surface area (Å²) in [5.41, 5.74) is -0.0837. The molecule has 0 atom stereocenters. The fraction of sp³-hybridized carbons (Fsp3) is 0.556. The number of aromatic nitrogens is 1. The summed E-state index contributed by atoms with van der Waals surface area (Å²) in [6.45, 7) is 6.58. The van der Waals surface area contributed by atoms with Gasteiger partial charge in [0.25, 0.3) is 0 Å². The van der Waals surface area contributed by atoms with Crippen LogP contribution in [0.3, 0.4) is 0 Å². The number of pyridine rings is 1. The molecule has 1 spiro atoms. The van der Waals surface area contributed by atoms with E-state index >= 15 is 0 Å². The number of ether oxygens (including phenoxy) is 3. The molecule has 6 nitrogen and oxygen atoms in total. The van der Waals surface area contributed by atoms with Gasteiger partial charge in [0.2, 0.25) is 11.8 Å². The number of hydrogen-bond donors (Lipinski definition) is 1. The molecule has 1 aliphatic heterocycles. The van der Waals surface area contributed by atoms with Gasteiger partial charge in [0.05, 0.1) is 30.5 Å². The largest absolute Gasteiger partial charge is 0.473 e. The van der Waals surface area contributed by atoms with Gasteiger partial charge in [-0.25, -0.2) is 4.98 Å². The van der Waals surface area contributed by atoms with Crippen LogP contribution in [0.25, 0.3) is 0 Å². The summed E-state index contributed by atoms with van der Waals surface area (Å²) in [6, 6.07) is 3.47. The molecule has 1 saturated carbocycles. The summed E-state index contributed by atoms with van der Waals surface area (Å²) in [5.74, 6) is -0.0885. The Morgan fingerprint density at radius 2 is 2.08 bits per heavy atom. The summed E-state index contributed by atoms with van der Waals surface area (Å²) in [6.07, 6.45) is 7.30. The molecule has 130 valence electrons. The molecule has 2 fully saturated rings. The average Bonchev–Trinajstić information content (AvgIpc) is 3.06. The van der Waals surface area contributed by atoms with E-state index in [2.05, 4.69) is 16.9 Å². The zero-order chi connectivity index (χ0) is 17.0. The van der Waals surface area contributed by atoms with E-state index < -0.39 is 11.2 Å². The monoisotopic (exact) mass is 332 g/mol. The highest BCUT2D eigenvalue weighted by molar-refractivity contribution is 5.95. The Hall–Kier alpha value is -1.92. The van der Waals surface area contributed by atoms with Crippen molar-refractivity contribution in [3.05, 3.63) is 31.0 Å². The summed E-state index contributed by atoms with van der Waals surface area (Å²) in [5, 5.41) is 2.88. The molecule has 0 aromatic carbocycles. The van der Waals surface area contributed by atoms with Gasteiger partial charge in [-0.3, -0.25) is 4.79 Å². The highest BCUT2D eigenvalue weighted by atomic mass is 16.7. The SMILES string of the molecule is C=CCOc1ccc(NC(=O)C2(C)COC3(CCCC3)OC2)cn1. The lowest BCUT2D eigenvalue weighted by Gasteiger charge is -2.42. The molecule has 24 heavy (non-hydrogen) atoms. The Labute approximate surface area is 142 Å². The number of anilines is 1. The van der Waals surface area contributed by atoms with Crippen LogP contribution < -0.4 is 10.1 Å². The van der Waals surface area contributed by atoms with E-state index in [1.807, 2.05) is 6.92 Å². The van der Waals surface area contributed by atoms with Gasteiger partial charge in [-0.1, -0.05) is 12.7 Å². The summed E-state index contributed by atoms with van der Waals surface area (Å²) in [4.78, 5) is 16.8. The molecule has 0 radical (unpaired) electrons. The third-order valence-electron chi connectivity index (χ3n) is 4.56. The molecule has 2 aliphatic rings. The fourth-order valence-corrected chi connectivity index (χ4v) is 2.96. The van der Waals surface area contributed by atoms with E-state index in [4.69, 9.17) is 14.2 Å². The van der Waals surface area contributed by atoms with Crippen molar-refractivity contribution in [1.29, 1.82) is 0 Å². The van der Waals surface area contributed by atoms with Crippen LogP contribution in [0, 0.1) is 5.41 Å². The molecule has 1 aromatic heterocycles. The lowest BCUT2D eigenvalue weighted by atomic mass is 9.90. The van der Waals surface area contributed by atoms with Gasteiger partial charge in [0, 0.05) is 18.9 Å². The van der Waals surface area contributed by atoms with E-state index in [1.165, 1.54) is 0 Å². The maximum absolute atomic E-state index is 12.6. The minimum atomic E-state index is -0.703. The van der Waals surface area contributed by atoms with Gasteiger partial charge >= 0.3 is 0 Å². The van der Waals surface area contributed by atoms with Crippen LogP contribution in [0.4, 0.5) is 5.69 Å². The third kappa shape index (κ3) is 3.60. The van der Waals surface area contributed by atoms with Crippen LogP contribution in [0.15, 0.2) is 31.0 Å². The highest BCUT2D eigenvalue weighted by Gasteiger charge is 2.47. The van der Waals surface area contributed by atoms with Crippen molar-refractivity contribution in [2.75, 3.05) is 25.1 Å². The maximum atomic E-state index is 12.6. The van der Waals surface area contributed by atoms with E-state index in [9.17, 15) is 4.79 Å². The average molecular weight is 332 g/mol. The number of rotatable bonds is 5. The molecular weight excluding hydrogens is 308 g/mol. The molecule has 3 rings (SSSR count). The Morgan fingerprint density at radius 1 is 1.38 bits per heavy atom. The number of hydrogen-bond acceptors (Lipinski definition) is 5. The van der Waals surface area contributed by atoms with Crippen LogP contribution in [0.5, 0.6) is 5.88 Å². The molecule has 1 aromatic rings. The first kappa shape index (κ1) is 16.9. The summed E-state index contributed by atoms with van der Waals surface area (Å²) >= 11 is 0. The van der Waals surface area contributed by atoms with Crippen LogP contribution >= 0.6 is 0 Å². The molecule has 1 N–H and O–H groups in total. The number of carbonyl (C=O) groups is 1. The van der Waals surface area contributed by atoms with Gasteiger partial charge in [-0.05, 0) is 25.8 Å². The van der Waals surface area contributed by atoms with E-state index in [0.29, 0.717) is 31.4 Å². The van der Waals surface area contributed by atoms with Crippen molar-refractivity contribution in [1.82, 2.24) is 4.98 Å². The Morgan fingerprint density at radius 3 is 2.67 bits per heavy atom. The smallest absolute Gasteiger partial charge is 0.235 e. The molecule has 0 bridgehead atoms. The number of carbonyl (C=O) groups excluding carboxylic acids is 1. The number of nitrogens with zero attached hydrogens (tertiary/aromatic N) is 1. The van der Waals surface area contributed by atoms with Gasteiger partial charge in [-0.2, -0.15) is 0 Å². The summed E-state index contributed by atoms with van der Waals surface area (Å²) in [7, 11) is 0. The first-order chi connectivity index (χ1) is 11.6. The molecule has 1 saturated heterocycles. The topological polar surface area (TPSA) is 69.7 Å². The minimum absolute atomic E-state index is 0.128. The third-order valence-corrected chi connectivity index (χ3v) is 4.56. The molecule has 1 aliphatic carbocycles. The number of nitrogens with one attached hydrogen (secondary N) is 1. The highest BCUT2D eigenvalue weighted by Crippen LogP contribution is 2.40. The van der Waals surface area contributed by atoms with Crippen LogP contribution in [0.2, 0.25) is 0 Å². The van der Waals surface area contributed by atoms with Crippen LogP contribution in [-0.2, 0) is 14.3 Å². The first-order valence-electron chi connectivity index (χ1n) is 8.34. The predicted octanol–water partition coefficient (Wildman–Crippen LogP) is 2.91. The van der Waals surface area contributed by atoms with Crippen molar-refractivity contribution in [3.63, 3.8) is 0 Å². The van der Waals surface area contributed by atoms with E-state index in [1.54, 1.807) is 24.4 Å². The Bertz CT molecular complexity index is 584. The lowest BCUT2D eigenvalue weighted by molar-refractivity contribution is -0.291. The quantitative estimate of drug-likeness (QED) is 0.840. The minimum Gasteiger partial charge on any atom is -0.473 e. The van der Waals surface area contributed by atoms with Gasteiger partial charge in [0.15, 0.2) is 5.79 Å². The molecule has 6 heteroatoms. The van der Waals surface area contributed by atoms with Crippen molar-refractivity contribution < 1.29 is 19.0 Å². The van der Waals surface area contributed by atoms with Crippen molar-refractivity contribution >= 4 is 11.6 Å². The van der Waals surface area contributed by atoms with Crippen LogP contribution in [-0.4, -0.2) is 36.5 Å². The van der Waals surface area contributed by atoms with Gasteiger partial charge in [-0.15, -0.1) is 0 Å². The second kappa shape index (κ2) is 6.91. The van der Waals surface area contributed by atoms with Crippen molar-refractivity contribution in [3.8, 4) is 5.88 Å². The Balaban J connectivity index is 1.57. The maximum Gasteiger partial charge on any atom is 0.235 e. The van der Waals surface area contributed by atoms with Crippen molar-refractivity contribution in [2.24, 2.45) is 5.41 Å². The predicted molar refractivity (Wildman–Crippen MR) is 89.8 cm³/mol. The zero-order valence-electron chi connectivity index (χ0n) is 14.0. The standard InChI is InChI=1S/C18H24N2O4/c1-3-10-22-15-7-6-14(11-19-15)20-16(21)17(2)12-23-18(24-13-17)8-4-5-9-18/h3,6-7,11H,1,4-5,8-10,12-13H2,2H3,(H,20,21). The summed E-state index contributed by atoms with van der Waals surface area (Å²) < 4.78 is 17.2. The lowest BCUT2D eigenvalue weighted by Crippen LogP contribution is -2.52. The van der Waals surface area contributed by atoms with Gasteiger partial charge in [0.1, 0.15) is 6.61 Å². The second-order valence-electron chi connectivity index (χ2n) is 6.69. The second-order valence-corrected chi connectivity index (χ2v) is 6.69. The van der Waals surface area contributed by atoms with Crippen molar-refractivity contribution in [2.45, 2.75) is 38.4 Å². The Kier molecular flexibility index (Phi) is 4.87. The van der Waals surface area contributed by atoms with E-state index in [-0.39, 0.29) is 5.91 Å². The van der Waals surface area contributed by atoms with Crippen LogP contribution in [0.1, 0.15) is 32.6 Å². The number of amides is 1. The zero-order valence-corrected chi connectivity index (χ0v) is 14.0. The molecule has 1 amide bonds. The molecule has 0 unspecified atom stereocenters. The molecule has 2 heterocycles. The first-order valence-corrected chi connectivity index (χ1v) is 8.34. The van der Waals surface area contributed by atoms with E-state index in [0.717, 1.165) is 25.7 Å². The fourth-order valence-electron chi connectivity index (χ4n) is 2.96. The normalized spacial score (nSPS) is 21.4. The molecular formula is C18H24N2O4. The van der Waals surface area contributed by atoms with Gasteiger partial charge < -0.3 is 19.5 Å².